The van der Waals surface area contributed by atoms with E-state index in [0.29, 0.717) is 0 Å². The number of aryl methyl sites for hydroxylation is 1. The zero-order valence-corrected chi connectivity index (χ0v) is 10.5. The molecule has 2 rings (SSSR count). The van der Waals surface area contributed by atoms with Crippen LogP contribution in [0, 0.1) is 6.92 Å². The standard InChI is InChI=1S/C8H6BrN3S2/c1-5-3-2-4-10-6(5)13-8-12-11-7(9)14-8/h2-4H,1H3. The van der Waals surface area contributed by atoms with Crippen LogP contribution in [0.3, 0.4) is 0 Å². The Labute approximate surface area is 98.1 Å². The summed E-state index contributed by atoms with van der Waals surface area (Å²) in [6.07, 6.45) is 1.78. The van der Waals surface area contributed by atoms with Crippen molar-refractivity contribution >= 4 is 39.0 Å². The molecule has 0 aliphatic carbocycles. The number of hydrogen-bond donors (Lipinski definition) is 0. The molecule has 72 valence electrons. The van der Waals surface area contributed by atoms with Crippen molar-refractivity contribution in [2.45, 2.75) is 16.3 Å². The van der Waals surface area contributed by atoms with Crippen molar-refractivity contribution in [2.24, 2.45) is 0 Å². The lowest BCUT2D eigenvalue weighted by Crippen LogP contribution is -1.83. The van der Waals surface area contributed by atoms with E-state index in [1.165, 1.54) is 23.1 Å². The smallest absolute Gasteiger partial charge is 0.184 e. The Morgan fingerprint density at radius 1 is 1.43 bits per heavy atom. The first-order valence-corrected chi connectivity index (χ1v) is 6.27. The van der Waals surface area contributed by atoms with Gasteiger partial charge in [-0.1, -0.05) is 17.4 Å². The summed E-state index contributed by atoms with van der Waals surface area (Å²) in [5.41, 5.74) is 1.16. The molecule has 0 saturated heterocycles. The van der Waals surface area contributed by atoms with Gasteiger partial charge in [0.05, 0.1) is 0 Å². The Bertz CT molecular complexity index is 444. The van der Waals surface area contributed by atoms with Gasteiger partial charge < -0.3 is 0 Å². The van der Waals surface area contributed by atoms with E-state index in [1.54, 1.807) is 6.20 Å². The Kier molecular flexibility index (Phi) is 3.15. The van der Waals surface area contributed by atoms with Crippen LogP contribution < -0.4 is 0 Å². The van der Waals surface area contributed by atoms with Crippen molar-refractivity contribution in [3.8, 4) is 0 Å². The van der Waals surface area contributed by atoms with Gasteiger partial charge in [-0.3, -0.25) is 0 Å². The molecular formula is C8H6BrN3S2. The van der Waals surface area contributed by atoms with Crippen molar-refractivity contribution in [3.05, 3.63) is 27.8 Å². The molecule has 14 heavy (non-hydrogen) atoms. The third-order valence-electron chi connectivity index (χ3n) is 1.53. The lowest BCUT2D eigenvalue weighted by atomic mass is 10.3. The third-order valence-corrected chi connectivity index (χ3v) is 4.05. The number of pyridine rings is 1. The first-order valence-electron chi connectivity index (χ1n) is 3.84. The summed E-state index contributed by atoms with van der Waals surface area (Å²) in [5, 5.41) is 8.86. The normalized spacial score (nSPS) is 10.4. The lowest BCUT2D eigenvalue weighted by molar-refractivity contribution is 0.990. The monoisotopic (exact) mass is 287 g/mol. The average Bonchev–Trinajstić information content (AvgIpc) is 2.56. The Balaban J connectivity index is 2.23. The number of aromatic nitrogens is 3. The highest BCUT2D eigenvalue weighted by atomic mass is 79.9. The minimum absolute atomic E-state index is 0.800. The maximum Gasteiger partial charge on any atom is 0.184 e. The molecule has 0 bridgehead atoms. The van der Waals surface area contributed by atoms with Gasteiger partial charge in [-0.05, 0) is 46.2 Å². The van der Waals surface area contributed by atoms with E-state index in [2.05, 4.69) is 31.1 Å². The zero-order valence-electron chi connectivity index (χ0n) is 7.27. The number of hydrogen-bond acceptors (Lipinski definition) is 5. The van der Waals surface area contributed by atoms with Gasteiger partial charge in [-0.2, -0.15) is 0 Å². The summed E-state index contributed by atoms with van der Waals surface area (Å²) in [5.74, 6) is 0. The van der Waals surface area contributed by atoms with Gasteiger partial charge in [0.25, 0.3) is 0 Å². The summed E-state index contributed by atoms with van der Waals surface area (Å²) < 4.78 is 1.70. The molecule has 0 saturated carbocycles. The largest absolute Gasteiger partial charge is 0.249 e. The number of nitrogens with zero attached hydrogens (tertiary/aromatic N) is 3. The maximum absolute atomic E-state index is 4.27. The van der Waals surface area contributed by atoms with E-state index in [-0.39, 0.29) is 0 Å². The second-order valence-corrected chi connectivity index (χ2v) is 6.04. The van der Waals surface area contributed by atoms with Crippen LogP contribution in [0.15, 0.2) is 31.6 Å². The fourth-order valence-electron chi connectivity index (χ4n) is 0.895. The molecule has 0 amide bonds. The van der Waals surface area contributed by atoms with E-state index in [0.717, 1.165) is 18.8 Å². The first-order chi connectivity index (χ1) is 6.75. The van der Waals surface area contributed by atoms with E-state index in [4.69, 9.17) is 0 Å². The molecule has 6 heteroatoms. The first kappa shape index (κ1) is 10.1. The van der Waals surface area contributed by atoms with Crippen LogP contribution in [0.1, 0.15) is 5.56 Å². The molecule has 0 atom stereocenters. The quantitative estimate of drug-likeness (QED) is 0.851. The molecule has 0 fully saturated rings. The fraction of sp³-hybridized carbons (Fsp3) is 0.125. The van der Waals surface area contributed by atoms with E-state index in [1.807, 2.05) is 19.1 Å². The van der Waals surface area contributed by atoms with E-state index < -0.39 is 0 Å². The number of rotatable bonds is 2. The van der Waals surface area contributed by atoms with Crippen LogP contribution in [0.25, 0.3) is 0 Å². The number of halogens is 1. The maximum atomic E-state index is 4.27. The van der Waals surface area contributed by atoms with Crippen LogP contribution in [0.4, 0.5) is 0 Å². The molecule has 2 heterocycles. The van der Waals surface area contributed by atoms with Crippen molar-refractivity contribution in [1.29, 1.82) is 0 Å². The summed E-state index contributed by atoms with van der Waals surface area (Å²) in [6, 6.07) is 3.96. The molecule has 2 aromatic rings. The van der Waals surface area contributed by atoms with Gasteiger partial charge in [-0.25, -0.2) is 4.98 Å². The Morgan fingerprint density at radius 3 is 2.93 bits per heavy atom. The van der Waals surface area contributed by atoms with Crippen molar-refractivity contribution in [1.82, 2.24) is 15.2 Å². The van der Waals surface area contributed by atoms with Gasteiger partial charge in [0.15, 0.2) is 8.26 Å². The minimum Gasteiger partial charge on any atom is -0.249 e. The molecule has 0 aliphatic rings. The van der Waals surface area contributed by atoms with Crippen LogP contribution in [-0.4, -0.2) is 15.2 Å². The van der Waals surface area contributed by atoms with E-state index >= 15 is 0 Å². The minimum atomic E-state index is 0.800. The second kappa shape index (κ2) is 4.37. The predicted octanol–water partition coefficient (Wildman–Crippen LogP) is 3.16. The molecule has 0 radical (unpaired) electrons. The molecule has 0 spiro atoms. The lowest BCUT2D eigenvalue weighted by Gasteiger charge is -1.98. The van der Waals surface area contributed by atoms with Gasteiger partial charge >= 0.3 is 0 Å². The predicted molar refractivity (Wildman–Crippen MR) is 60.7 cm³/mol. The molecule has 0 aliphatic heterocycles. The van der Waals surface area contributed by atoms with Crippen molar-refractivity contribution in [2.75, 3.05) is 0 Å². The van der Waals surface area contributed by atoms with Gasteiger partial charge in [0.1, 0.15) is 5.03 Å². The van der Waals surface area contributed by atoms with Crippen LogP contribution in [0.2, 0.25) is 0 Å². The highest BCUT2D eigenvalue weighted by Crippen LogP contribution is 2.31. The molecule has 0 aromatic carbocycles. The average molecular weight is 288 g/mol. The van der Waals surface area contributed by atoms with Crippen molar-refractivity contribution in [3.63, 3.8) is 0 Å². The highest BCUT2D eigenvalue weighted by molar-refractivity contribution is 9.11. The Morgan fingerprint density at radius 2 is 2.29 bits per heavy atom. The highest BCUT2D eigenvalue weighted by Gasteiger charge is 2.06. The fourth-order valence-corrected chi connectivity index (χ4v) is 3.29. The summed E-state index contributed by atoms with van der Waals surface area (Å²) in [7, 11) is 0. The molecule has 2 aromatic heterocycles. The Hall–Kier alpha value is -0.460. The topological polar surface area (TPSA) is 38.7 Å². The van der Waals surface area contributed by atoms with E-state index in [9.17, 15) is 0 Å². The van der Waals surface area contributed by atoms with Gasteiger partial charge in [0.2, 0.25) is 0 Å². The second-order valence-electron chi connectivity index (χ2n) is 2.55. The van der Waals surface area contributed by atoms with Gasteiger partial charge in [-0.15, -0.1) is 10.2 Å². The van der Waals surface area contributed by atoms with Crippen LogP contribution in [-0.2, 0) is 0 Å². The van der Waals surface area contributed by atoms with Crippen molar-refractivity contribution < 1.29 is 0 Å². The molecule has 0 unspecified atom stereocenters. The zero-order chi connectivity index (χ0) is 9.97. The SMILES string of the molecule is Cc1cccnc1Sc1nnc(Br)s1. The molecular weight excluding hydrogens is 282 g/mol. The van der Waals surface area contributed by atoms with Gasteiger partial charge in [0, 0.05) is 6.20 Å². The van der Waals surface area contributed by atoms with Crippen LogP contribution >= 0.6 is 39.0 Å². The molecule has 3 nitrogen and oxygen atoms in total. The summed E-state index contributed by atoms with van der Waals surface area (Å²) in [6.45, 7) is 2.03. The third kappa shape index (κ3) is 2.31. The van der Waals surface area contributed by atoms with Crippen LogP contribution in [0.5, 0.6) is 0 Å². The summed E-state index contributed by atoms with van der Waals surface area (Å²) >= 11 is 6.32. The summed E-state index contributed by atoms with van der Waals surface area (Å²) in [4.78, 5) is 4.27. The molecule has 0 N–H and O–H groups in total.